The zero-order valence-electron chi connectivity index (χ0n) is 32.4. The third kappa shape index (κ3) is 5.87. The maximum Gasteiger partial charge on any atom is 0.136 e. The lowest BCUT2D eigenvalue weighted by Crippen LogP contribution is -2.13. The van der Waals surface area contributed by atoms with Crippen molar-refractivity contribution in [2.75, 3.05) is 4.90 Å². The van der Waals surface area contributed by atoms with Gasteiger partial charge in [-0.3, -0.25) is 0 Å². The van der Waals surface area contributed by atoms with Crippen LogP contribution >= 0.6 is 0 Å². The van der Waals surface area contributed by atoms with Crippen molar-refractivity contribution in [2.45, 2.75) is 38.0 Å². The van der Waals surface area contributed by atoms with Crippen LogP contribution in [0.4, 0.5) is 17.1 Å². The third-order valence-corrected chi connectivity index (χ3v) is 12.5. The average molecular weight is 746 g/mol. The quantitative estimate of drug-likeness (QED) is 0.162. The standard InChI is InChI=1S/C56H43NO/c1-2-17-39(18-3-1)44-29-14-21-40-22-15-32-49(55(40)44)48-27-7-10-34-52(48)57(51-33-9-6-26-47(51)46-31-13-20-38-19-4-5-25-43(38)46)42-24-12-23-41(37-42)45-30-16-36-54-56(45)50-28-8-11-35-53(50)58-54/h4-16,19-37,39H,1-3,17-18H2. The maximum atomic E-state index is 6.37. The van der Waals surface area contributed by atoms with Gasteiger partial charge in [-0.25, -0.2) is 0 Å². The van der Waals surface area contributed by atoms with E-state index >= 15 is 0 Å². The first-order chi connectivity index (χ1) is 28.8. The van der Waals surface area contributed by atoms with E-state index < -0.39 is 0 Å². The van der Waals surface area contributed by atoms with Gasteiger partial charge in [-0.15, -0.1) is 0 Å². The van der Waals surface area contributed by atoms with Gasteiger partial charge in [0.25, 0.3) is 0 Å². The highest BCUT2D eigenvalue weighted by molar-refractivity contribution is 6.13. The zero-order chi connectivity index (χ0) is 38.4. The van der Waals surface area contributed by atoms with E-state index in [0.717, 1.165) is 50.1 Å². The SMILES string of the molecule is c1cc(-c2cccc3oc4ccccc4c23)cc(N(c2ccccc2-c2cccc3ccccc23)c2ccccc2-c2cccc3cccc(C4CCCCC4)c23)c1. The molecule has 2 heteroatoms. The Morgan fingerprint density at radius 2 is 0.966 bits per heavy atom. The predicted octanol–water partition coefficient (Wildman–Crippen LogP) is 16.4. The molecule has 10 aromatic rings. The molecule has 2 nitrogen and oxygen atoms in total. The summed E-state index contributed by atoms with van der Waals surface area (Å²) >= 11 is 0. The molecule has 58 heavy (non-hydrogen) atoms. The van der Waals surface area contributed by atoms with Crippen molar-refractivity contribution in [3.63, 3.8) is 0 Å². The molecule has 1 fully saturated rings. The van der Waals surface area contributed by atoms with Crippen LogP contribution in [-0.4, -0.2) is 0 Å². The molecule has 0 unspecified atom stereocenters. The summed E-state index contributed by atoms with van der Waals surface area (Å²) in [5.74, 6) is 0.576. The molecule has 0 aliphatic heterocycles. The molecule has 0 atom stereocenters. The fourth-order valence-electron chi connectivity index (χ4n) is 9.84. The van der Waals surface area contributed by atoms with Crippen LogP contribution in [0.5, 0.6) is 0 Å². The molecule has 0 saturated heterocycles. The molecular formula is C56H43NO. The Hall–Kier alpha value is -6.90. The predicted molar refractivity (Wildman–Crippen MR) is 246 cm³/mol. The van der Waals surface area contributed by atoms with Crippen LogP contribution in [-0.2, 0) is 0 Å². The Kier molecular flexibility index (Phi) is 8.62. The minimum Gasteiger partial charge on any atom is -0.456 e. The van der Waals surface area contributed by atoms with Gasteiger partial charge in [-0.2, -0.15) is 0 Å². The number of anilines is 3. The van der Waals surface area contributed by atoms with E-state index in [4.69, 9.17) is 4.42 Å². The van der Waals surface area contributed by atoms with Crippen LogP contribution in [0.3, 0.4) is 0 Å². The second-order valence-corrected chi connectivity index (χ2v) is 15.8. The molecule has 9 aromatic carbocycles. The molecule has 11 rings (SSSR count). The largest absolute Gasteiger partial charge is 0.456 e. The van der Waals surface area contributed by atoms with E-state index in [0.29, 0.717) is 5.92 Å². The molecular weight excluding hydrogens is 703 g/mol. The van der Waals surface area contributed by atoms with Gasteiger partial charge in [-0.1, -0.05) is 177 Å². The van der Waals surface area contributed by atoms with E-state index in [-0.39, 0.29) is 0 Å². The van der Waals surface area contributed by atoms with E-state index in [1.54, 1.807) is 0 Å². The monoisotopic (exact) mass is 745 g/mol. The summed E-state index contributed by atoms with van der Waals surface area (Å²) in [5, 5.41) is 7.44. The van der Waals surface area contributed by atoms with Gasteiger partial charge in [-0.05, 0) is 105 Å². The molecule has 0 amide bonds. The minimum atomic E-state index is 0.576. The van der Waals surface area contributed by atoms with Gasteiger partial charge in [0.2, 0.25) is 0 Å². The lowest BCUT2D eigenvalue weighted by Gasteiger charge is -2.31. The van der Waals surface area contributed by atoms with Gasteiger partial charge < -0.3 is 9.32 Å². The lowest BCUT2D eigenvalue weighted by atomic mass is 9.80. The van der Waals surface area contributed by atoms with Crippen LogP contribution in [0.1, 0.15) is 43.6 Å². The van der Waals surface area contributed by atoms with Gasteiger partial charge in [0.15, 0.2) is 0 Å². The van der Waals surface area contributed by atoms with Crippen molar-refractivity contribution >= 4 is 60.5 Å². The topological polar surface area (TPSA) is 16.4 Å². The Labute approximate surface area is 339 Å². The maximum absolute atomic E-state index is 6.37. The van der Waals surface area contributed by atoms with E-state index in [9.17, 15) is 0 Å². The van der Waals surface area contributed by atoms with Gasteiger partial charge in [0.1, 0.15) is 11.2 Å². The number of para-hydroxylation sites is 3. The molecule has 1 heterocycles. The fraction of sp³-hybridized carbons (Fsp3) is 0.107. The first-order valence-electron chi connectivity index (χ1n) is 20.8. The number of hydrogen-bond acceptors (Lipinski definition) is 2. The Morgan fingerprint density at radius 3 is 1.79 bits per heavy atom. The van der Waals surface area contributed by atoms with E-state index in [1.807, 2.05) is 6.07 Å². The van der Waals surface area contributed by atoms with Crippen molar-refractivity contribution in [3.8, 4) is 33.4 Å². The van der Waals surface area contributed by atoms with Crippen LogP contribution < -0.4 is 4.90 Å². The zero-order valence-corrected chi connectivity index (χ0v) is 32.4. The number of benzene rings is 9. The molecule has 1 aliphatic rings. The first kappa shape index (κ1) is 34.4. The van der Waals surface area contributed by atoms with Crippen molar-refractivity contribution in [1.82, 2.24) is 0 Å². The molecule has 278 valence electrons. The molecule has 1 saturated carbocycles. The Morgan fingerprint density at radius 1 is 0.397 bits per heavy atom. The summed E-state index contributed by atoms with van der Waals surface area (Å²) in [7, 11) is 0. The summed E-state index contributed by atoms with van der Waals surface area (Å²) in [4.78, 5) is 2.51. The molecule has 0 N–H and O–H groups in total. The smallest absolute Gasteiger partial charge is 0.136 e. The number of fused-ring (bicyclic) bond motifs is 5. The van der Waals surface area contributed by atoms with Crippen molar-refractivity contribution in [2.24, 2.45) is 0 Å². The summed E-state index contributed by atoms with van der Waals surface area (Å²) in [6.07, 6.45) is 6.46. The van der Waals surface area contributed by atoms with Crippen molar-refractivity contribution < 1.29 is 4.42 Å². The normalized spacial score (nSPS) is 13.4. The van der Waals surface area contributed by atoms with Gasteiger partial charge >= 0.3 is 0 Å². The summed E-state index contributed by atoms with van der Waals surface area (Å²) in [6.45, 7) is 0. The van der Waals surface area contributed by atoms with Crippen molar-refractivity contribution in [3.05, 3.63) is 200 Å². The third-order valence-electron chi connectivity index (χ3n) is 12.5. The molecule has 0 spiro atoms. The number of rotatable bonds is 7. The molecule has 0 radical (unpaired) electrons. The number of furan rings is 1. The van der Waals surface area contributed by atoms with Gasteiger partial charge in [0, 0.05) is 27.6 Å². The molecule has 0 bridgehead atoms. The van der Waals surface area contributed by atoms with Crippen molar-refractivity contribution in [1.29, 1.82) is 0 Å². The molecule has 1 aliphatic carbocycles. The van der Waals surface area contributed by atoms with Crippen LogP contribution in [0.2, 0.25) is 0 Å². The summed E-state index contributed by atoms with van der Waals surface area (Å²) in [6, 6.07) is 71.1. The van der Waals surface area contributed by atoms with Crippen LogP contribution in [0.25, 0.3) is 76.9 Å². The Balaban J connectivity index is 1.17. The summed E-state index contributed by atoms with van der Waals surface area (Å²) < 4.78 is 6.37. The average Bonchev–Trinajstić information content (AvgIpc) is 3.68. The highest BCUT2D eigenvalue weighted by Crippen LogP contribution is 2.49. The van der Waals surface area contributed by atoms with E-state index in [2.05, 4.69) is 193 Å². The van der Waals surface area contributed by atoms with Crippen LogP contribution in [0.15, 0.2) is 199 Å². The van der Waals surface area contributed by atoms with Gasteiger partial charge in [0.05, 0.1) is 11.4 Å². The lowest BCUT2D eigenvalue weighted by molar-refractivity contribution is 0.445. The second kappa shape index (κ2) is 14.6. The van der Waals surface area contributed by atoms with E-state index in [1.165, 1.54) is 81.5 Å². The highest BCUT2D eigenvalue weighted by atomic mass is 16.3. The number of nitrogens with zero attached hydrogens (tertiary/aromatic N) is 1. The van der Waals surface area contributed by atoms with Crippen LogP contribution in [0, 0.1) is 0 Å². The second-order valence-electron chi connectivity index (χ2n) is 15.8. The fourth-order valence-corrected chi connectivity index (χ4v) is 9.84. The summed E-state index contributed by atoms with van der Waals surface area (Å²) in [5.41, 5.74) is 13.9. The highest BCUT2D eigenvalue weighted by Gasteiger charge is 2.25. The molecule has 1 aromatic heterocycles. The first-order valence-corrected chi connectivity index (χ1v) is 20.8. The number of hydrogen-bond donors (Lipinski definition) is 0. The Bertz CT molecular complexity index is 3120. The minimum absolute atomic E-state index is 0.576.